The van der Waals surface area contributed by atoms with Crippen molar-refractivity contribution in [3.63, 3.8) is 0 Å². The molecule has 0 spiro atoms. The fraction of sp³-hybridized carbons (Fsp3) is 0.333. The maximum atomic E-state index is 13.2. The Hall–Kier alpha value is -2.91. The van der Waals surface area contributed by atoms with Crippen molar-refractivity contribution in [2.75, 3.05) is 11.5 Å². The average molecular weight is 355 g/mol. The number of alkyl halides is 3. The Morgan fingerprint density at radius 3 is 2.60 bits per heavy atom. The highest BCUT2D eigenvalue weighted by Gasteiger charge is 2.56. The van der Waals surface area contributed by atoms with Gasteiger partial charge in [0.2, 0.25) is 5.91 Å². The van der Waals surface area contributed by atoms with Crippen LogP contribution >= 0.6 is 0 Å². The topological polar surface area (TPSA) is 88.1 Å². The van der Waals surface area contributed by atoms with Gasteiger partial charge in [-0.3, -0.25) is 15.0 Å². The van der Waals surface area contributed by atoms with Gasteiger partial charge in [-0.2, -0.15) is 18.3 Å². The molecular weight excluding hydrogens is 343 g/mol. The third-order valence-electron chi connectivity index (χ3n) is 3.86. The van der Waals surface area contributed by atoms with Gasteiger partial charge in [-0.1, -0.05) is 12.1 Å². The van der Waals surface area contributed by atoms with Crippen LogP contribution in [0.3, 0.4) is 0 Å². The Bertz CT molecular complexity index is 790. The van der Waals surface area contributed by atoms with Crippen molar-refractivity contribution < 1.29 is 32.3 Å². The monoisotopic (exact) mass is 355 g/mol. The van der Waals surface area contributed by atoms with Crippen molar-refractivity contribution in [1.29, 1.82) is 0 Å². The first-order chi connectivity index (χ1) is 11.8. The van der Waals surface area contributed by atoms with Crippen LogP contribution in [0.25, 0.3) is 0 Å². The zero-order valence-corrected chi connectivity index (χ0v) is 12.8. The summed E-state index contributed by atoms with van der Waals surface area (Å²) in [4.78, 5) is 37.4. The van der Waals surface area contributed by atoms with Gasteiger partial charge < -0.3 is 4.74 Å². The summed E-state index contributed by atoms with van der Waals surface area (Å²) in [5.74, 6) is -4.07. The summed E-state index contributed by atoms with van der Waals surface area (Å²) >= 11 is 0. The number of esters is 1. The summed E-state index contributed by atoms with van der Waals surface area (Å²) in [6, 6.07) is 3.02. The first-order valence-electron chi connectivity index (χ1n) is 7.31. The number of para-hydroxylation sites is 1. The molecule has 0 bridgehead atoms. The number of carbonyl (C=O) groups is 3. The number of benzene rings is 1. The molecule has 1 aromatic rings. The molecule has 2 aliphatic heterocycles. The smallest absolute Gasteiger partial charge is 0.418 e. The minimum absolute atomic E-state index is 0.0258. The van der Waals surface area contributed by atoms with Gasteiger partial charge in [0, 0.05) is 0 Å². The Morgan fingerprint density at radius 2 is 1.96 bits per heavy atom. The van der Waals surface area contributed by atoms with E-state index >= 15 is 0 Å². The van der Waals surface area contributed by atoms with E-state index in [4.69, 9.17) is 4.74 Å². The zero-order valence-electron chi connectivity index (χ0n) is 12.8. The normalized spacial score (nSPS) is 22.6. The number of imide groups is 1. The van der Waals surface area contributed by atoms with Crippen LogP contribution < -0.4 is 10.3 Å². The molecule has 0 unspecified atom stereocenters. The number of ether oxygens (including phenoxy) is 1. The predicted octanol–water partition coefficient (Wildman–Crippen LogP) is 1.09. The Labute approximate surface area is 139 Å². The van der Waals surface area contributed by atoms with Crippen LogP contribution in [0.5, 0.6) is 0 Å². The molecule has 25 heavy (non-hydrogen) atoms. The van der Waals surface area contributed by atoms with Gasteiger partial charge in [0.25, 0.3) is 5.91 Å². The summed E-state index contributed by atoms with van der Waals surface area (Å²) in [5, 5.41) is 3.64. The third kappa shape index (κ3) is 2.63. The molecule has 7 nitrogen and oxygen atoms in total. The van der Waals surface area contributed by atoms with Gasteiger partial charge in [-0.25, -0.2) is 9.69 Å². The number of fused-ring (bicyclic) bond motifs is 1. The first-order valence-corrected chi connectivity index (χ1v) is 7.31. The molecule has 0 aliphatic carbocycles. The molecule has 2 atom stereocenters. The van der Waals surface area contributed by atoms with Crippen molar-refractivity contribution in [3.05, 3.63) is 29.8 Å². The number of nitrogens with one attached hydrogen (secondary N) is 1. The van der Waals surface area contributed by atoms with Crippen molar-refractivity contribution in [3.8, 4) is 0 Å². The summed E-state index contributed by atoms with van der Waals surface area (Å²) in [5.41, 5.74) is 0.319. The standard InChI is InChI=1S/C15H12F3N3O4/c1-2-25-14(24)11-9-10(19-20-11)13(23)21(12(9)22)8-6-4-3-5-7(8)15(16,17)18/h3-6,9-10,19H,2H2,1H3/t9-,10+/m1/s1. The van der Waals surface area contributed by atoms with E-state index < -0.39 is 47.2 Å². The fourth-order valence-corrected chi connectivity index (χ4v) is 2.81. The molecule has 132 valence electrons. The Balaban J connectivity index is 2.00. The lowest BCUT2D eigenvalue weighted by Crippen LogP contribution is -2.37. The SMILES string of the molecule is CCOC(=O)C1=NN[C@@H]2C(=O)N(c3ccccc3C(F)(F)F)C(=O)[C@@H]12. The largest absolute Gasteiger partial charge is 0.461 e. The number of rotatable bonds is 3. The second-order valence-corrected chi connectivity index (χ2v) is 5.33. The van der Waals surface area contributed by atoms with E-state index in [1.165, 1.54) is 6.07 Å². The van der Waals surface area contributed by atoms with Crippen LogP contribution in [0, 0.1) is 5.92 Å². The number of nitrogens with zero attached hydrogens (tertiary/aromatic N) is 2. The van der Waals surface area contributed by atoms with Crippen LogP contribution in [-0.4, -0.2) is 36.1 Å². The van der Waals surface area contributed by atoms with Crippen LogP contribution in [-0.2, 0) is 25.3 Å². The van der Waals surface area contributed by atoms with E-state index in [-0.39, 0.29) is 12.3 Å². The maximum Gasteiger partial charge on any atom is 0.418 e. The second-order valence-electron chi connectivity index (χ2n) is 5.33. The molecule has 1 aromatic carbocycles. The fourth-order valence-electron chi connectivity index (χ4n) is 2.81. The van der Waals surface area contributed by atoms with E-state index in [0.29, 0.717) is 4.90 Å². The minimum atomic E-state index is -4.75. The van der Waals surface area contributed by atoms with E-state index in [9.17, 15) is 27.6 Å². The van der Waals surface area contributed by atoms with Gasteiger partial charge in [0.15, 0.2) is 5.71 Å². The Kier molecular flexibility index (Phi) is 3.97. The van der Waals surface area contributed by atoms with E-state index in [0.717, 1.165) is 18.2 Å². The number of hydrogen-bond acceptors (Lipinski definition) is 6. The van der Waals surface area contributed by atoms with Crippen molar-refractivity contribution >= 4 is 29.2 Å². The van der Waals surface area contributed by atoms with Gasteiger partial charge in [0.1, 0.15) is 12.0 Å². The highest BCUT2D eigenvalue weighted by atomic mass is 19.4. The molecule has 1 fully saturated rings. The molecular formula is C15H12F3N3O4. The van der Waals surface area contributed by atoms with Crippen molar-refractivity contribution in [2.24, 2.45) is 11.0 Å². The van der Waals surface area contributed by atoms with Gasteiger partial charge >= 0.3 is 12.1 Å². The van der Waals surface area contributed by atoms with Crippen molar-refractivity contribution in [1.82, 2.24) is 5.43 Å². The lowest BCUT2D eigenvalue weighted by molar-refractivity contribution is -0.138. The van der Waals surface area contributed by atoms with Crippen LogP contribution in [0.4, 0.5) is 18.9 Å². The number of hydrazone groups is 1. The number of halogens is 3. The summed E-state index contributed by atoms with van der Waals surface area (Å²) in [6.07, 6.45) is -4.75. The van der Waals surface area contributed by atoms with Crippen LogP contribution in [0.1, 0.15) is 12.5 Å². The van der Waals surface area contributed by atoms with Crippen molar-refractivity contribution in [2.45, 2.75) is 19.1 Å². The number of amides is 2. The molecule has 0 radical (unpaired) electrons. The number of carbonyl (C=O) groups excluding carboxylic acids is 3. The first kappa shape index (κ1) is 16.9. The van der Waals surface area contributed by atoms with E-state index in [1.807, 2.05) is 0 Å². The summed E-state index contributed by atoms with van der Waals surface area (Å²) < 4.78 is 44.3. The van der Waals surface area contributed by atoms with Gasteiger partial charge in [-0.15, -0.1) is 0 Å². The lowest BCUT2D eigenvalue weighted by Gasteiger charge is -2.20. The lowest BCUT2D eigenvalue weighted by atomic mass is 9.99. The number of hydrogen-bond donors (Lipinski definition) is 1. The highest BCUT2D eigenvalue weighted by Crippen LogP contribution is 2.39. The molecule has 0 aromatic heterocycles. The highest BCUT2D eigenvalue weighted by molar-refractivity contribution is 6.46. The van der Waals surface area contributed by atoms with E-state index in [1.54, 1.807) is 6.92 Å². The zero-order chi connectivity index (χ0) is 18.4. The molecule has 1 saturated heterocycles. The van der Waals surface area contributed by atoms with E-state index in [2.05, 4.69) is 10.5 Å². The van der Waals surface area contributed by atoms with Gasteiger partial charge in [0.05, 0.1) is 17.9 Å². The van der Waals surface area contributed by atoms with Crippen LogP contribution in [0.15, 0.2) is 29.4 Å². The molecule has 2 heterocycles. The molecule has 2 amide bonds. The van der Waals surface area contributed by atoms with Gasteiger partial charge in [-0.05, 0) is 19.1 Å². The molecule has 10 heteroatoms. The number of anilines is 1. The molecule has 2 aliphatic rings. The second kappa shape index (κ2) is 5.87. The maximum absolute atomic E-state index is 13.2. The molecule has 3 rings (SSSR count). The minimum Gasteiger partial charge on any atom is -0.461 e. The predicted molar refractivity (Wildman–Crippen MR) is 78.4 cm³/mol. The summed E-state index contributed by atoms with van der Waals surface area (Å²) in [7, 11) is 0. The summed E-state index contributed by atoms with van der Waals surface area (Å²) in [6.45, 7) is 1.57. The van der Waals surface area contributed by atoms with Crippen LogP contribution in [0.2, 0.25) is 0 Å². The third-order valence-corrected chi connectivity index (χ3v) is 3.86. The Morgan fingerprint density at radius 1 is 1.28 bits per heavy atom. The molecule has 1 N–H and O–H groups in total. The molecule has 0 saturated carbocycles. The quantitative estimate of drug-likeness (QED) is 0.648. The average Bonchev–Trinajstić information content (AvgIpc) is 3.08.